The molecule has 0 saturated carbocycles. The highest BCUT2D eigenvalue weighted by Crippen LogP contribution is 2.25. The quantitative estimate of drug-likeness (QED) is 0.886. The van der Waals surface area contributed by atoms with Gasteiger partial charge in [0, 0.05) is 24.3 Å². The van der Waals surface area contributed by atoms with Crippen molar-refractivity contribution in [2.45, 2.75) is 18.9 Å². The molecule has 5 nitrogen and oxygen atoms in total. The molecule has 1 atom stereocenters. The Hall–Kier alpha value is -2.89. The first-order valence-electron chi connectivity index (χ1n) is 7.76. The Morgan fingerprint density at radius 2 is 1.79 bits per heavy atom. The van der Waals surface area contributed by atoms with Gasteiger partial charge in [-0.3, -0.25) is 9.59 Å². The lowest BCUT2D eigenvalue weighted by atomic mass is 10.1. The van der Waals surface area contributed by atoms with Gasteiger partial charge in [-0.05, 0) is 48.4 Å². The van der Waals surface area contributed by atoms with Crippen LogP contribution >= 0.6 is 0 Å². The van der Waals surface area contributed by atoms with Crippen LogP contribution in [0.4, 0.5) is 15.8 Å². The lowest BCUT2D eigenvalue weighted by molar-refractivity contribution is -0.119. The molecular weight excluding hydrogens is 309 g/mol. The van der Waals surface area contributed by atoms with E-state index in [2.05, 4.69) is 5.32 Å². The molecule has 3 rings (SSSR count). The molecule has 0 bridgehead atoms. The van der Waals surface area contributed by atoms with E-state index in [9.17, 15) is 14.0 Å². The summed E-state index contributed by atoms with van der Waals surface area (Å²) in [4.78, 5) is 25.2. The van der Waals surface area contributed by atoms with Crippen LogP contribution in [0.25, 0.3) is 0 Å². The Kier molecular flexibility index (Phi) is 4.46. The second kappa shape index (κ2) is 6.70. The second-order valence-electron chi connectivity index (χ2n) is 5.73. The average Bonchev–Trinajstić information content (AvgIpc) is 3.00. The molecule has 0 aromatic heterocycles. The SMILES string of the molecule is NC(=O)C(Nc1ccc(N2CCCC2=O)cc1)c1ccc(F)cc1. The summed E-state index contributed by atoms with van der Waals surface area (Å²) in [5.41, 5.74) is 7.57. The van der Waals surface area contributed by atoms with Crippen molar-refractivity contribution in [3.8, 4) is 0 Å². The second-order valence-corrected chi connectivity index (χ2v) is 5.73. The van der Waals surface area contributed by atoms with Crippen LogP contribution in [0.1, 0.15) is 24.4 Å². The zero-order valence-electron chi connectivity index (χ0n) is 13.0. The molecule has 24 heavy (non-hydrogen) atoms. The van der Waals surface area contributed by atoms with Gasteiger partial charge < -0.3 is 16.0 Å². The number of hydrogen-bond donors (Lipinski definition) is 2. The van der Waals surface area contributed by atoms with Crippen molar-refractivity contribution in [1.29, 1.82) is 0 Å². The van der Waals surface area contributed by atoms with E-state index < -0.39 is 11.9 Å². The maximum absolute atomic E-state index is 13.0. The fourth-order valence-corrected chi connectivity index (χ4v) is 2.80. The minimum Gasteiger partial charge on any atom is -0.370 e. The van der Waals surface area contributed by atoms with Crippen LogP contribution in [0.2, 0.25) is 0 Å². The molecule has 2 amide bonds. The number of benzene rings is 2. The predicted molar refractivity (Wildman–Crippen MR) is 90.0 cm³/mol. The van der Waals surface area contributed by atoms with Gasteiger partial charge in [0.25, 0.3) is 0 Å². The Balaban J connectivity index is 1.76. The van der Waals surface area contributed by atoms with E-state index in [4.69, 9.17) is 5.73 Å². The van der Waals surface area contributed by atoms with Crippen molar-refractivity contribution < 1.29 is 14.0 Å². The maximum Gasteiger partial charge on any atom is 0.244 e. The van der Waals surface area contributed by atoms with E-state index in [-0.39, 0.29) is 11.7 Å². The van der Waals surface area contributed by atoms with E-state index in [0.717, 1.165) is 18.7 Å². The molecule has 1 heterocycles. The van der Waals surface area contributed by atoms with E-state index in [0.29, 0.717) is 17.7 Å². The van der Waals surface area contributed by atoms with Gasteiger partial charge in [0.15, 0.2) is 0 Å². The van der Waals surface area contributed by atoms with Crippen LogP contribution in [0.3, 0.4) is 0 Å². The van der Waals surface area contributed by atoms with Gasteiger partial charge in [0.2, 0.25) is 11.8 Å². The first-order chi connectivity index (χ1) is 11.5. The van der Waals surface area contributed by atoms with Gasteiger partial charge >= 0.3 is 0 Å². The number of halogens is 1. The molecule has 1 fully saturated rings. The highest BCUT2D eigenvalue weighted by atomic mass is 19.1. The highest BCUT2D eigenvalue weighted by molar-refractivity contribution is 5.95. The number of nitrogens with one attached hydrogen (secondary N) is 1. The number of amides is 2. The van der Waals surface area contributed by atoms with Crippen molar-refractivity contribution >= 4 is 23.2 Å². The summed E-state index contributed by atoms with van der Waals surface area (Å²) in [5, 5.41) is 3.04. The van der Waals surface area contributed by atoms with E-state index in [1.54, 1.807) is 17.0 Å². The average molecular weight is 327 g/mol. The number of rotatable bonds is 5. The number of primary amides is 1. The van der Waals surface area contributed by atoms with Gasteiger partial charge in [-0.15, -0.1) is 0 Å². The van der Waals surface area contributed by atoms with Crippen molar-refractivity contribution in [2.24, 2.45) is 5.73 Å². The van der Waals surface area contributed by atoms with Gasteiger partial charge in [-0.1, -0.05) is 12.1 Å². The summed E-state index contributed by atoms with van der Waals surface area (Å²) in [7, 11) is 0. The molecule has 2 aromatic rings. The normalized spacial score (nSPS) is 15.4. The van der Waals surface area contributed by atoms with Crippen molar-refractivity contribution in [3.63, 3.8) is 0 Å². The fraction of sp³-hybridized carbons (Fsp3) is 0.222. The zero-order chi connectivity index (χ0) is 17.1. The molecule has 2 aromatic carbocycles. The number of nitrogens with two attached hydrogens (primary N) is 1. The monoisotopic (exact) mass is 327 g/mol. The molecule has 0 aliphatic carbocycles. The van der Waals surface area contributed by atoms with Crippen molar-refractivity contribution in [3.05, 3.63) is 59.9 Å². The summed E-state index contributed by atoms with van der Waals surface area (Å²) in [5.74, 6) is -0.806. The third kappa shape index (κ3) is 3.37. The third-order valence-electron chi connectivity index (χ3n) is 4.05. The summed E-state index contributed by atoms with van der Waals surface area (Å²) in [6, 6.07) is 12.1. The van der Waals surface area contributed by atoms with Crippen molar-refractivity contribution in [2.75, 3.05) is 16.8 Å². The van der Waals surface area contributed by atoms with E-state index >= 15 is 0 Å². The first kappa shape index (κ1) is 16.0. The third-order valence-corrected chi connectivity index (χ3v) is 4.05. The lowest BCUT2D eigenvalue weighted by Crippen LogP contribution is -2.27. The molecule has 1 saturated heterocycles. The Morgan fingerprint density at radius 1 is 1.12 bits per heavy atom. The summed E-state index contributed by atoms with van der Waals surface area (Å²) < 4.78 is 13.0. The predicted octanol–water partition coefficient (Wildman–Crippen LogP) is 2.59. The van der Waals surface area contributed by atoms with Gasteiger partial charge in [-0.25, -0.2) is 4.39 Å². The number of carbonyl (C=O) groups excluding carboxylic acids is 2. The smallest absolute Gasteiger partial charge is 0.244 e. The van der Waals surface area contributed by atoms with Gasteiger partial charge in [0.05, 0.1) is 0 Å². The highest BCUT2D eigenvalue weighted by Gasteiger charge is 2.22. The topological polar surface area (TPSA) is 75.4 Å². The molecule has 1 aliphatic rings. The van der Waals surface area contributed by atoms with Gasteiger partial charge in [0.1, 0.15) is 11.9 Å². The number of nitrogens with zero attached hydrogens (tertiary/aromatic N) is 1. The Bertz CT molecular complexity index is 744. The van der Waals surface area contributed by atoms with Crippen LogP contribution in [0.15, 0.2) is 48.5 Å². The number of anilines is 2. The summed E-state index contributed by atoms with van der Waals surface area (Å²) in [6.45, 7) is 0.727. The molecule has 6 heteroatoms. The molecule has 3 N–H and O–H groups in total. The minimum absolute atomic E-state index is 0.122. The molecule has 0 spiro atoms. The van der Waals surface area contributed by atoms with Gasteiger partial charge in [-0.2, -0.15) is 0 Å². The number of hydrogen-bond acceptors (Lipinski definition) is 3. The van der Waals surface area contributed by atoms with Crippen LogP contribution in [0, 0.1) is 5.82 Å². The van der Waals surface area contributed by atoms with Crippen LogP contribution in [-0.2, 0) is 9.59 Å². The fourth-order valence-electron chi connectivity index (χ4n) is 2.80. The standard InChI is InChI=1S/C18H18FN3O2/c19-13-5-3-12(4-6-13)17(18(20)24)21-14-7-9-15(10-8-14)22-11-1-2-16(22)23/h3-10,17,21H,1-2,11H2,(H2,20,24). The van der Waals surface area contributed by atoms with Crippen molar-refractivity contribution in [1.82, 2.24) is 0 Å². The zero-order valence-corrected chi connectivity index (χ0v) is 13.0. The van der Waals surface area contributed by atoms with E-state index in [1.165, 1.54) is 24.3 Å². The molecular formula is C18H18FN3O2. The maximum atomic E-state index is 13.0. The molecule has 1 unspecified atom stereocenters. The van der Waals surface area contributed by atoms with Crippen LogP contribution in [0.5, 0.6) is 0 Å². The van der Waals surface area contributed by atoms with E-state index in [1.807, 2.05) is 12.1 Å². The Labute approximate surface area is 139 Å². The lowest BCUT2D eigenvalue weighted by Gasteiger charge is -2.19. The molecule has 1 aliphatic heterocycles. The molecule has 124 valence electrons. The largest absolute Gasteiger partial charge is 0.370 e. The Morgan fingerprint density at radius 3 is 2.33 bits per heavy atom. The minimum atomic E-state index is -0.759. The molecule has 0 radical (unpaired) electrons. The summed E-state index contributed by atoms with van der Waals surface area (Å²) in [6.07, 6.45) is 1.45. The van der Waals surface area contributed by atoms with Crippen LogP contribution < -0.4 is 16.0 Å². The summed E-state index contributed by atoms with van der Waals surface area (Å²) >= 11 is 0. The first-order valence-corrected chi connectivity index (χ1v) is 7.76. The number of carbonyl (C=O) groups is 2. The van der Waals surface area contributed by atoms with Crippen LogP contribution in [-0.4, -0.2) is 18.4 Å².